The molecule has 0 rings (SSSR count). The van der Waals surface area contributed by atoms with Gasteiger partial charge in [0.15, 0.2) is 0 Å². The second kappa shape index (κ2) is 4.81. The first-order valence-corrected chi connectivity index (χ1v) is 4.55. The van der Waals surface area contributed by atoms with Gasteiger partial charge < -0.3 is 0 Å². The first kappa shape index (κ1) is 8.97. The van der Waals surface area contributed by atoms with Gasteiger partial charge in [-0.2, -0.15) is 0 Å². The van der Waals surface area contributed by atoms with Crippen molar-refractivity contribution >= 4 is 10.2 Å². The molecule has 0 unspecified atom stereocenters. The molecule has 0 aromatic carbocycles. The second-order valence-corrected chi connectivity index (χ2v) is 2.78. The van der Waals surface area contributed by atoms with Crippen LogP contribution < -0.4 is 0 Å². The van der Waals surface area contributed by atoms with E-state index in [9.17, 15) is 0 Å². The minimum absolute atomic E-state index is 0.498. The van der Waals surface area contributed by atoms with Gasteiger partial charge in [0, 0.05) is 0 Å². The second-order valence-electron chi connectivity index (χ2n) is 2.02. The quantitative estimate of drug-likeness (QED) is 0.701. The summed E-state index contributed by atoms with van der Waals surface area (Å²) in [5, 5.41) is 0. The third-order valence-electron chi connectivity index (χ3n) is 1.00. The minimum atomic E-state index is 0.498. The topological polar surface area (TPSA) is 12.4 Å². The predicted molar refractivity (Wildman–Crippen MR) is 38.5 cm³/mol. The number of rotatable bonds is 3. The molecule has 0 fully saturated rings. The Morgan fingerprint density at radius 1 is 1.67 bits per heavy atom. The van der Waals surface area contributed by atoms with Crippen LogP contribution in [0.3, 0.4) is 0 Å². The van der Waals surface area contributed by atoms with E-state index in [0.717, 1.165) is 5.71 Å². The Hall–Kier alpha value is -0.0317. The molecule has 0 heterocycles. The monoisotopic (exact) mass is 293 g/mol. The average Bonchev–Trinajstić information content (AvgIpc) is 1.82. The van der Waals surface area contributed by atoms with Gasteiger partial charge in [0.05, 0.1) is 0 Å². The Bertz CT molecular complexity index is 136. The van der Waals surface area contributed by atoms with Gasteiger partial charge in [-0.05, 0) is 0 Å². The van der Waals surface area contributed by atoms with Gasteiger partial charge >= 0.3 is 67.0 Å². The number of hydrogen-bond acceptors (Lipinski definition) is 1. The van der Waals surface area contributed by atoms with Crippen molar-refractivity contribution in [3.8, 4) is 0 Å². The summed E-state index contributed by atoms with van der Waals surface area (Å²) in [5.74, 6) is 0.498. The SMILES string of the molecule is C=CC(=N[CH]=[W])C(C)C. The molecule has 0 amide bonds. The molecular formula is C7H11NW. The predicted octanol–water partition coefficient (Wildman–Crippen LogP) is 1.58. The first-order valence-electron chi connectivity index (χ1n) is 2.86. The van der Waals surface area contributed by atoms with Crippen molar-refractivity contribution in [1.82, 2.24) is 0 Å². The fraction of sp³-hybridized carbons (Fsp3) is 0.429. The third-order valence-corrected chi connectivity index (χ3v) is 1.38. The molecular weight excluding hydrogens is 282 g/mol. The van der Waals surface area contributed by atoms with Crippen molar-refractivity contribution in [2.24, 2.45) is 10.9 Å². The molecule has 0 spiro atoms. The van der Waals surface area contributed by atoms with Crippen LogP contribution in [0.15, 0.2) is 17.6 Å². The Morgan fingerprint density at radius 2 is 2.22 bits per heavy atom. The molecule has 0 bridgehead atoms. The van der Waals surface area contributed by atoms with Crippen LogP contribution in [0, 0.1) is 5.92 Å². The van der Waals surface area contributed by atoms with Gasteiger partial charge in [0.1, 0.15) is 0 Å². The molecule has 9 heavy (non-hydrogen) atoms. The van der Waals surface area contributed by atoms with Gasteiger partial charge in [-0.3, -0.25) is 0 Å². The zero-order valence-corrected chi connectivity index (χ0v) is 8.73. The first-order chi connectivity index (χ1) is 4.22. The fourth-order valence-electron chi connectivity index (χ4n) is 0.498. The Morgan fingerprint density at radius 3 is 2.33 bits per heavy atom. The molecule has 0 saturated heterocycles. The van der Waals surface area contributed by atoms with Crippen LogP contribution in [0.25, 0.3) is 0 Å². The summed E-state index contributed by atoms with van der Waals surface area (Å²) < 4.78 is 1.87. The Balaban J connectivity index is 4.13. The number of allylic oxidation sites excluding steroid dienone is 1. The van der Waals surface area contributed by atoms with Crippen LogP contribution in [0.1, 0.15) is 13.8 Å². The van der Waals surface area contributed by atoms with E-state index in [0.29, 0.717) is 5.92 Å². The van der Waals surface area contributed by atoms with E-state index in [1.54, 1.807) is 0 Å². The maximum atomic E-state index is 4.15. The summed E-state index contributed by atoms with van der Waals surface area (Å²) in [6.45, 7) is 7.88. The van der Waals surface area contributed by atoms with E-state index in [-0.39, 0.29) is 0 Å². The van der Waals surface area contributed by atoms with Crippen molar-refractivity contribution < 1.29 is 19.4 Å². The van der Waals surface area contributed by atoms with E-state index in [2.05, 4.69) is 25.4 Å². The molecule has 0 saturated carbocycles. The van der Waals surface area contributed by atoms with Gasteiger partial charge in [-0.15, -0.1) is 0 Å². The van der Waals surface area contributed by atoms with Crippen molar-refractivity contribution in [2.75, 3.05) is 0 Å². The molecule has 0 N–H and O–H groups in total. The third kappa shape index (κ3) is 3.53. The Labute approximate surface area is 67.3 Å². The van der Waals surface area contributed by atoms with Crippen molar-refractivity contribution in [1.29, 1.82) is 0 Å². The molecule has 0 aliphatic carbocycles. The molecule has 0 atom stereocenters. The summed E-state index contributed by atoms with van der Waals surface area (Å²) in [7, 11) is 0. The van der Waals surface area contributed by atoms with Crippen molar-refractivity contribution in [3.05, 3.63) is 12.7 Å². The molecule has 50 valence electrons. The van der Waals surface area contributed by atoms with Crippen molar-refractivity contribution in [3.63, 3.8) is 0 Å². The van der Waals surface area contributed by atoms with Gasteiger partial charge in [-0.25, -0.2) is 0 Å². The zero-order chi connectivity index (χ0) is 7.28. The van der Waals surface area contributed by atoms with Crippen LogP contribution in [0.4, 0.5) is 0 Å². The molecule has 0 aliphatic heterocycles. The standard InChI is InChI=1S/C7H11N.W/c1-5-7(8-4)6(2)3;/h4-6H,1H2,2-3H3;. The van der Waals surface area contributed by atoms with Crippen LogP contribution in [-0.4, -0.2) is 10.2 Å². The van der Waals surface area contributed by atoms with Gasteiger partial charge in [0.2, 0.25) is 0 Å². The van der Waals surface area contributed by atoms with Crippen molar-refractivity contribution in [2.45, 2.75) is 13.8 Å². The zero-order valence-electron chi connectivity index (χ0n) is 5.79. The van der Waals surface area contributed by atoms with E-state index in [1.807, 2.05) is 10.6 Å². The van der Waals surface area contributed by atoms with E-state index < -0.39 is 0 Å². The number of nitrogens with zero attached hydrogens (tertiary/aromatic N) is 1. The van der Waals surface area contributed by atoms with Crippen LogP contribution in [0.5, 0.6) is 0 Å². The molecule has 0 radical (unpaired) electrons. The average molecular weight is 293 g/mol. The number of aliphatic imine (C=N–C) groups is 1. The summed E-state index contributed by atoms with van der Waals surface area (Å²) in [5.41, 5.74) is 1.07. The van der Waals surface area contributed by atoms with E-state index in [4.69, 9.17) is 0 Å². The summed E-state index contributed by atoms with van der Waals surface area (Å²) >= 11 is 1.38. The fourth-order valence-corrected chi connectivity index (χ4v) is 0.936. The summed E-state index contributed by atoms with van der Waals surface area (Å²) in [6.07, 6.45) is 1.81. The van der Waals surface area contributed by atoms with Crippen LogP contribution >= 0.6 is 0 Å². The molecule has 0 aliphatic rings. The van der Waals surface area contributed by atoms with Crippen LogP contribution in [-0.2, 0) is 19.4 Å². The molecule has 1 nitrogen and oxygen atoms in total. The molecule has 0 aromatic heterocycles. The van der Waals surface area contributed by atoms with Gasteiger partial charge in [-0.1, -0.05) is 0 Å². The van der Waals surface area contributed by atoms with E-state index in [1.165, 1.54) is 19.4 Å². The molecule has 0 aromatic rings. The number of hydrogen-bond donors (Lipinski definition) is 0. The Kier molecular flexibility index (Phi) is 4.79. The summed E-state index contributed by atoms with van der Waals surface area (Å²) in [6, 6.07) is 0. The normalized spacial score (nSPS) is 11.7. The summed E-state index contributed by atoms with van der Waals surface area (Å²) in [4.78, 5) is 4.15. The van der Waals surface area contributed by atoms with Crippen LogP contribution in [0.2, 0.25) is 0 Å². The molecule has 2 heteroatoms. The van der Waals surface area contributed by atoms with E-state index >= 15 is 0 Å². The van der Waals surface area contributed by atoms with Gasteiger partial charge in [0.25, 0.3) is 0 Å². The maximum absolute atomic E-state index is 4.15.